The summed E-state index contributed by atoms with van der Waals surface area (Å²) in [5.41, 5.74) is 2.88. The minimum absolute atomic E-state index is 0.0109. The number of nitrogens with zero attached hydrogens (tertiary/aromatic N) is 1. The van der Waals surface area contributed by atoms with E-state index in [1.807, 2.05) is 18.2 Å². The Hall–Kier alpha value is -4.13. The maximum absolute atomic E-state index is 12.5. The lowest BCUT2D eigenvalue weighted by Gasteiger charge is -2.30. The van der Waals surface area contributed by atoms with Crippen molar-refractivity contribution in [2.75, 3.05) is 19.1 Å². The molecule has 3 aromatic carbocycles. The third-order valence-corrected chi connectivity index (χ3v) is 4.64. The highest BCUT2D eigenvalue weighted by Crippen LogP contribution is 2.40. The summed E-state index contributed by atoms with van der Waals surface area (Å²) < 4.78 is 14.9. The van der Waals surface area contributed by atoms with Crippen molar-refractivity contribution in [1.29, 1.82) is 0 Å². The van der Waals surface area contributed by atoms with Crippen LogP contribution in [0.2, 0.25) is 0 Å². The molecule has 0 bridgehead atoms. The molecule has 0 aromatic heterocycles. The third kappa shape index (κ3) is 4.56. The molecule has 0 aliphatic rings. The molecule has 31 heavy (non-hydrogen) atoms. The summed E-state index contributed by atoms with van der Waals surface area (Å²) >= 11 is 0. The molecule has 0 heterocycles. The number of carbonyl (C=O) groups excluding carboxylic acids is 3. The van der Waals surface area contributed by atoms with E-state index in [2.05, 4.69) is 0 Å². The zero-order valence-electron chi connectivity index (χ0n) is 17.1. The van der Waals surface area contributed by atoms with Gasteiger partial charge in [-0.05, 0) is 30.3 Å². The number of rotatable bonds is 8. The van der Waals surface area contributed by atoms with Crippen LogP contribution in [-0.2, 0) is 25.6 Å². The predicted octanol–water partition coefficient (Wildman–Crippen LogP) is 4.40. The number of hydrogen-bond acceptors (Lipinski definition) is 7. The van der Waals surface area contributed by atoms with Crippen LogP contribution in [-0.4, -0.2) is 32.6 Å². The topological polar surface area (TPSA) is 82.1 Å². The smallest absolute Gasteiger partial charge is 0.339 e. The second-order valence-corrected chi connectivity index (χ2v) is 6.39. The van der Waals surface area contributed by atoms with Crippen LogP contribution in [0.15, 0.2) is 72.8 Å². The lowest BCUT2D eigenvalue weighted by molar-refractivity contribution is -0.129. The molecule has 3 rings (SSSR count). The zero-order valence-corrected chi connectivity index (χ0v) is 17.1. The lowest BCUT2D eigenvalue weighted by Crippen LogP contribution is -2.19. The molecule has 0 radical (unpaired) electrons. The average molecular weight is 419 g/mol. The predicted molar refractivity (Wildman–Crippen MR) is 115 cm³/mol. The van der Waals surface area contributed by atoms with Crippen molar-refractivity contribution in [3.63, 3.8) is 0 Å². The maximum Gasteiger partial charge on any atom is 0.339 e. The number of hydrogen-bond donors (Lipinski definition) is 0. The molecular formula is C24H21NO6. The van der Waals surface area contributed by atoms with E-state index in [1.165, 1.54) is 14.2 Å². The van der Waals surface area contributed by atoms with Gasteiger partial charge in [-0.15, -0.1) is 0 Å². The van der Waals surface area contributed by atoms with Gasteiger partial charge in [0.1, 0.15) is 6.61 Å². The second kappa shape index (κ2) is 10.1. The molecule has 0 spiro atoms. The second-order valence-electron chi connectivity index (χ2n) is 6.39. The average Bonchev–Trinajstić information content (AvgIpc) is 2.83. The Kier molecular flexibility index (Phi) is 7.01. The van der Waals surface area contributed by atoms with Crippen LogP contribution in [0, 0.1) is 0 Å². The van der Waals surface area contributed by atoms with Crippen LogP contribution in [0.4, 0.5) is 17.1 Å². The fraction of sp³-hybridized carbons (Fsp3) is 0.125. The number of esters is 2. The van der Waals surface area contributed by atoms with Gasteiger partial charge < -0.3 is 19.1 Å². The highest BCUT2D eigenvalue weighted by atomic mass is 16.5. The summed E-state index contributed by atoms with van der Waals surface area (Å²) in [4.78, 5) is 37.6. The molecule has 0 aliphatic carbocycles. The Morgan fingerprint density at radius 2 is 1.19 bits per heavy atom. The molecule has 3 aromatic rings. The van der Waals surface area contributed by atoms with E-state index in [-0.39, 0.29) is 6.61 Å². The molecule has 158 valence electrons. The Morgan fingerprint density at radius 3 is 1.68 bits per heavy atom. The number of ether oxygens (including phenoxy) is 3. The molecule has 7 heteroatoms. The quantitative estimate of drug-likeness (QED) is 0.304. The molecule has 0 atom stereocenters. The van der Waals surface area contributed by atoms with Gasteiger partial charge in [-0.3, -0.25) is 4.79 Å². The molecule has 0 amide bonds. The van der Waals surface area contributed by atoms with Gasteiger partial charge in [0.15, 0.2) is 0 Å². The van der Waals surface area contributed by atoms with Crippen molar-refractivity contribution >= 4 is 35.5 Å². The normalized spacial score (nSPS) is 10.1. The first kappa shape index (κ1) is 21.6. The van der Waals surface area contributed by atoms with E-state index in [4.69, 9.17) is 14.2 Å². The van der Waals surface area contributed by atoms with Crippen LogP contribution in [0.5, 0.6) is 0 Å². The van der Waals surface area contributed by atoms with E-state index < -0.39 is 11.9 Å². The Bertz CT molecular complexity index is 1040. The number of methoxy groups -OCH3 is 2. The summed E-state index contributed by atoms with van der Waals surface area (Å²) in [6, 6.07) is 21.0. The van der Waals surface area contributed by atoms with Crippen LogP contribution in [0.1, 0.15) is 26.3 Å². The molecule has 7 nitrogen and oxygen atoms in total. The first-order valence-corrected chi connectivity index (χ1v) is 9.40. The van der Waals surface area contributed by atoms with Gasteiger partial charge in [-0.1, -0.05) is 42.5 Å². The van der Waals surface area contributed by atoms with E-state index in [1.54, 1.807) is 59.5 Å². The first-order chi connectivity index (χ1) is 15.1. The van der Waals surface area contributed by atoms with Crippen molar-refractivity contribution in [3.05, 3.63) is 89.5 Å². The lowest BCUT2D eigenvalue weighted by atomic mass is 10.0. The summed E-state index contributed by atoms with van der Waals surface area (Å²) in [6.07, 6.45) is 0. The van der Waals surface area contributed by atoms with Crippen LogP contribution in [0.25, 0.3) is 0 Å². The Balaban J connectivity index is 2.33. The SMILES string of the molecule is COC(=O)c1ccccc1N(c1ccccc1COC=O)c1ccccc1C(=O)OC. The zero-order chi connectivity index (χ0) is 22.2. The summed E-state index contributed by atoms with van der Waals surface area (Å²) in [5.74, 6) is -1.06. The fourth-order valence-corrected chi connectivity index (χ4v) is 3.27. The van der Waals surface area contributed by atoms with Crippen molar-refractivity contribution < 1.29 is 28.6 Å². The summed E-state index contributed by atoms with van der Waals surface area (Å²) in [6.45, 7) is 0.378. The monoisotopic (exact) mass is 419 g/mol. The van der Waals surface area contributed by atoms with E-state index in [0.29, 0.717) is 40.2 Å². The van der Waals surface area contributed by atoms with Crippen LogP contribution < -0.4 is 4.90 Å². The highest BCUT2D eigenvalue weighted by molar-refractivity contribution is 6.03. The van der Waals surface area contributed by atoms with Crippen LogP contribution >= 0.6 is 0 Å². The molecule has 0 N–H and O–H groups in total. The van der Waals surface area contributed by atoms with Crippen molar-refractivity contribution in [2.45, 2.75) is 6.61 Å². The van der Waals surface area contributed by atoms with Gasteiger partial charge in [0, 0.05) is 5.56 Å². The molecular weight excluding hydrogens is 398 g/mol. The molecule has 0 saturated carbocycles. The largest absolute Gasteiger partial charge is 0.465 e. The third-order valence-electron chi connectivity index (χ3n) is 4.64. The molecule has 0 unspecified atom stereocenters. The van der Waals surface area contributed by atoms with Crippen molar-refractivity contribution in [2.24, 2.45) is 0 Å². The van der Waals surface area contributed by atoms with Gasteiger partial charge in [0.25, 0.3) is 6.47 Å². The molecule has 0 fully saturated rings. The number of anilines is 3. The molecule has 0 aliphatic heterocycles. The van der Waals surface area contributed by atoms with Gasteiger partial charge in [0.05, 0.1) is 42.4 Å². The van der Waals surface area contributed by atoms with Gasteiger partial charge in [0.2, 0.25) is 0 Å². The minimum atomic E-state index is -0.530. The van der Waals surface area contributed by atoms with E-state index in [9.17, 15) is 14.4 Å². The fourth-order valence-electron chi connectivity index (χ4n) is 3.27. The number of carbonyl (C=O) groups is 3. The number of benzene rings is 3. The summed E-state index contributed by atoms with van der Waals surface area (Å²) in [5, 5.41) is 0. The van der Waals surface area contributed by atoms with Crippen molar-refractivity contribution in [3.8, 4) is 0 Å². The number of para-hydroxylation sites is 3. The highest BCUT2D eigenvalue weighted by Gasteiger charge is 2.25. The first-order valence-electron chi connectivity index (χ1n) is 9.40. The molecule has 0 saturated heterocycles. The van der Waals surface area contributed by atoms with Gasteiger partial charge in [-0.2, -0.15) is 0 Å². The maximum atomic E-state index is 12.5. The Labute approximate surface area is 179 Å². The van der Waals surface area contributed by atoms with Crippen LogP contribution in [0.3, 0.4) is 0 Å². The van der Waals surface area contributed by atoms with Gasteiger partial charge in [-0.25, -0.2) is 9.59 Å². The van der Waals surface area contributed by atoms with Crippen molar-refractivity contribution in [1.82, 2.24) is 0 Å². The van der Waals surface area contributed by atoms with E-state index in [0.717, 1.165) is 0 Å². The standard InChI is InChI=1S/C24H21NO6/c1-29-23(27)18-10-4-7-13-21(18)25(20-12-6-3-9-17(20)15-31-16-26)22-14-8-5-11-19(22)24(28)30-2/h3-14,16H,15H2,1-2H3. The summed E-state index contributed by atoms with van der Waals surface area (Å²) in [7, 11) is 2.61. The van der Waals surface area contributed by atoms with Gasteiger partial charge >= 0.3 is 11.9 Å². The van der Waals surface area contributed by atoms with E-state index >= 15 is 0 Å². The Morgan fingerprint density at radius 1 is 0.742 bits per heavy atom. The minimum Gasteiger partial charge on any atom is -0.465 e.